The van der Waals surface area contributed by atoms with E-state index in [2.05, 4.69) is 10.1 Å². The number of alkyl halides is 3. The number of hydrogen-bond donors (Lipinski definition) is 1. The zero-order valence-corrected chi connectivity index (χ0v) is 14.2. The van der Waals surface area contributed by atoms with Gasteiger partial charge in [0.25, 0.3) is 0 Å². The first-order valence-electron chi connectivity index (χ1n) is 7.27. The summed E-state index contributed by atoms with van der Waals surface area (Å²) in [5.74, 6) is -0.184. The van der Waals surface area contributed by atoms with Crippen molar-refractivity contribution in [2.24, 2.45) is 0 Å². The molecule has 2 aromatic rings. The standard InChI is InChI=1S/C16H14F3NO5S/c1-2-24-15(21)20-12-6-4-7-13(10-12)25-26(22,23)14-8-3-5-11(9-14)16(17,18)19/h3-10H,2H2,1H3,(H,20,21). The molecular weight excluding hydrogens is 375 g/mol. The summed E-state index contributed by atoms with van der Waals surface area (Å²) >= 11 is 0. The second-order valence-electron chi connectivity index (χ2n) is 4.94. The van der Waals surface area contributed by atoms with Gasteiger partial charge in [0.05, 0.1) is 12.2 Å². The number of benzene rings is 2. The van der Waals surface area contributed by atoms with Gasteiger partial charge in [-0.25, -0.2) is 4.79 Å². The van der Waals surface area contributed by atoms with Gasteiger partial charge in [-0.1, -0.05) is 12.1 Å². The highest BCUT2D eigenvalue weighted by Crippen LogP contribution is 2.31. The van der Waals surface area contributed by atoms with E-state index < -0.39 is 32.8 Å². The van der Waals surface area contributed by atoms with E-state index in [1.165, 1.54) is 24.3 Å². The highest BCUT2D eigenvalue weighted by atomic mass is 32.2. The highest BCUT2D eigenvalue weighted by Gasteiger charge is 2.32. The molecule has 140 valence electrons. The zero-order chi connectivity index (χ0) is 19.4. The number of halogens is 3. The smallest absolute Gasteiger partial charge is 0.416 e. The Labute approximate surface area is 147 Å². The number of nitrogens with one attached hydrogen (secondary N) is 1. The third-order valence-corrected chi connectivity index (χ3v) is 4.25. The molecule has 0 saturated carbocycles. The quantitative estimate of drug-likeness (QED) is 0.781. The van der Waals surface area contributed by atoms with E-state index in [4.69, 9.17) is 4.18 Å². The van der Waals surface area contributed by atoms with Gasteiger partial charge in [-0.15, -0.1) is 0 Å². The summed E-state index contributed by atoms with van der Waals surface area (Å²) in [5, 5.41) is 2.35. The molecule has 0 aliphatic carbocycles. The Balaban J connectivity index is 2.23. The fraction of sp³-hybridized carbons (Fsp3) is 0.188. The molecule has 0 aromatic heterocycles. The SMILES string of the molecule is CCOC(=O)Nc1cccc(OS(=O)(=O)c2cccc(C(F)(F)F)c2)c1. The van der Waals surface area contributed by atoms with E-state index in [0.717, 1.165) is 18.2 Å². The van der Waals surface area contributed by atoms with E-state index in [1.807, 2.05) is 0 Å². The Bertz CT molecular complexity index is 897. The third kappa shape index (κ3) is 5.12. The second kappa shape index (κ2) is 7.65. The average Bonchev–Trinajstić information content (AvgIpc) is 2.54. The highest BCUT2D eigenvalue weighted by molar-refractivity contribution is 7.87. The van der Waals surface area contributed by atoms with Gasteiger partial charge in [0, 0.05) is 11.8 Å². The first-order chi connectivity index (χ1) is 12.1. The van der Waals surface area contributed by atoms with Crippen LogP contribution in [-0.4, -0.2) is 21.1 Å². The van der Waals surface area contributed by atoms with Crippen LogP contribution in [0.3, 0.4) is 0 Å². The molecule has 0 aliphatic heterocycles. The molecule has 0 fully saturated rings. The van der Waals surface area contributed by atoms with Crippen molar-refractivity contribution in [2.75, 3.05) is 11.9 Å². The Kier molecular flexibility index (Phi) is 5.76. The molecule has 0 radical (unpaired) electrons. The largest absolute Gasteiger partial charge is 0.450 e. The minimum atomic E-state index is -4.69. The molecule has 0 heterocycles. The number of ether oxygens (including phenoxy) is 1. The molecule has 1 N–H and O–H groups in total. The lowest BCUT2D eigenvalue weighted by Crippen LogP contribution is -2.14. The van der Waals surface area contributed by atoms with Gasteiger partial charge < -0.3 is 8.92 Å². The fourth-order valence-corrected chi connectivity index (χ4v) is 2.88. The van der Waals surface area contributed by atoms with Crippen molar-refractivity contribution >= 4 is 21.9 Å². The van der Waals surface area contributed by atoms with Crippen LogP contribution in [0.25, 0.3) is 0 Å². The van der Waals surface area contributed by atoms with Crippen molar-refractivity contribution in [2.45, 2.75) is 18.0 Å². The van der Waals surface area contributed by atoms with E-state index in [1.54, 1.807) is 6.92 Å². The molecule has 0 atom stereocenters. The predicted octanol–water partition coefficient (Wildman–Crippen LogP) is 4.04. The Morgan fingerprint density at radius 3 is 2.46 bits per heavy atom. The second-order valence-corrected chi connectivity index (χ2v) is 6.48. The van der Waals surface area contributed by atoms with Gasteiger partial charge >= 0.3 is 22.4 Å². The van der Waals surface area contributed by atoms with Crippen LogP contribution in [0.4, 0.5) is 23.7 Å². The Morgan fingerprint density at radius 1 is 1.12 bits per heavy atom. The summed E-state index contributed by atoms with van der Waals surface area (Å²) in [4.78, 5) is 10.7. The summed E-state index contributed by atoms with van der Waals surface area (Å²) in [5.41, 5.74) is -0.917. The number of anilines is 1. The lowest BCUT2D eigenvalue weighted by Gasteiger charge is -2.11. The van der Waals surface area contributed by atoms with Gasteiger partial charge in [-0.05, 0) is 37.3 Å². The molecule has 2 rings (SSSR count). The molecule has 0 spiro atoms. The predicted molar refractivity (Wildman–Crippen MR) is 86.3 cm³/mol. The van der Waals surface area contributed by atoms with E-state index in [-0.39, 0.29) is 18.0 Å². The average molecular weight is 389 g/mol. The normalized spacial score (nSPS) is 11.7. The van der Waals surface area contributed by atoms with Gasteiger partial charge in [-0.2, -0.15) is 21.6 Å². The minimum absolute atomic E-state index is 0.145. The lowest BCUT2D eigenvalue weighted by molar-refractivity contribution is -0.137. The van der Waals surface area contributed by atoms with Crippen LogP contribution in [-0.2, 0) is 21.0 Å². The molecule has 26 heavy (non-hydrogen) atoms. The monoisotopic (exact) mass is 389 g/mol. The van der Waals surface area contributed by atoms with Crippen molar-refractivity contribution < 1.29 is 35.3 Å². The molecule has 0 saturated heterocycles. The van der Waals surface area contributed by atoms with E-state index in [0.29, 0.717) is 6.07 Å². The number of carbonyl (C=O) groups excluding carboxylic acids is 1. The van der Waals surface area contributed by atoms with E-state index in [9.17, 15) is 26.4 Å². The number of hydrogen-bond acceptors (Lipinski definition) is 5. The van der Waals surface area contributed by atoms with Crippen LogP contribution in [0.1, 0.15) is 12.5 Å². The first kappa shape index (κ1) is 19.6. The maximum absolute atomic E-state index is 12.7. The number of rotatable bonds is 5. The van der Waals surface area contributed by atoms with Crippen LogP contribution in [0.15, 0.2) is 53.4 Å². The lowest BCUT2D eigenvalue weighted by atomic mass is 10.2. The van der Waals surface area contributed by atoms with Crippen molar-refractivity contribution in [1.82, 2.24) is 0 Å². The van der Waals surface area contributed by atoms with Crippen molar-refractivity contribution in [3.63, 3.8) is 0 Å². The molecule has 2 aromatic carbocycles. The number of amides is 1. The van der Waals surface area contributed by atoms with Gasteiger partial charge in [0.2, 0.25) is 0 Å². The van der Waals surface area contributed by atoms with Gasteiger partial charge in [-0.3, -0.25) is 5.32 Å². The zero-order valence-electron chi connectivity index (χ0n) is 13.4. The van der Waals surface area contributed by atoms with Crippen molar-refractivity contribution in [3.05, 3.63) is 54.1 Å². The molecule has 1 amide bonds. The van der Waals surface area contributed by atoms with Crippen LogP contribution in [0.5, 0.6) is 5.75 Å². The molecule has 10 heteroatoms. The molecule has 0 unspecified atom stereocenters. The molecular formula is C16H14F3NO5S. The Hall–Kier alpha value is -2.75. The summed E-state index contributed by atoms with van der Waals surface area (Å²) < 4.78 is 72.2. The molecule has 0 bridgehead atoms. The van der Waals surface area contributed by atoms with Crippen LogP contribution in [0, 0.1) is 0 Å². The topological polar surface area (TPSA) is 81.7 Å². The summed E-state index contributed by atoms with van der Waals surface area (Å²) in [6.07, 6.45) is -5.43. The summed E-state index contributed by atoms with van der Waals surface area (Å²) in [6, 6.07) is 8.53. The minimum Gasteiger partial charge on any atom is -0.450 e. The maximum Gasteiger partial charge on any atom is 0.416 e. The van der Waals surface area contributed by atoms with Crippen LogP contribution >= 0.6 is 0 Å². The van der Waals surface area contributed by atoms with Crippen molar-refractivity contribution in [3.8, 4) is 5.75 Å². The van der Waals surface area contributed by atoms with Crippen LogP contribution in [0.2, 0.25) is 0 Å². The van der Waals surface area contributed by atoms with Gasteiger partial charge in [0.1, 0.15) is 10.6 Å². The van der Waals surface area contributed by atoms with E-state index >= 15 is 0 Å². The van der Waals surface area contributed by atoms with Crippen molar-refractivity contribution in [1.29, 1.82) is 0 Å². The fourth-order valence-electron chi connectivity index (χ4n) is 1.91. The molecule has 6 nitrogen and oxygen atoms in total. The summed E-state index contributed by atoms with van der Waals surface area (Å²) in [6.45, 7) is 1.76. The summed E-state index contributed by atoms with van der Waals surface area (Å²) in [7, 11) is -4.50. The van der Waals surface area contributed by atoms with Crippen LogP contribution < -0.4 is 9.50 Å². The van der Waals surface area contributed by atoms with Gasteiger partial charge in [0.15, 0.2) is 0 Å². The third-order valence-electron chi connectivity index (χ3n) is 3.01. The molecule has 0 aliphatic rings. The first-order valence-corrected chi connectivity index (χ1v) is 8.68. The maximum atomic E-state index is 12.7. The number of carbonyl (C=O) groups is 1. The Morgan fingerprint density at radius 2 is 1.81 bits per heavy atom.